The van der Waals surface area contributed by atoms with Crippen LogP contribution in [-0.2, 0) is 10.8 Å². The maximum atomic E-state index is 2.48. The Morgan fingerprint density at radius 1 is 0.121 bits per heavy atom. The molecule has 668 valence electrons. The molecular formula is C136H104N4. The second kappa shape index (κ2) is 37.0. The number of nitrogens with zero attached hydrogens (tertiary/aromatic N) is 4. The Kier molecular flexibility index (Phi) is 22.9. The van der Waals surface area contributed by atoms with Gasteiger partial charge in [0.1, 0.15) is 0 Å². The monoisotopic (exact) mass is 1790 g/mol. The Morgan fingerprint density at radius 3 is 0.571 bits per heavy atom. The highest BCUT2D eigenvalue weighted by Gasteiger charge is 2.31. The van der Waals surface area contributed by atoms with E-state index in [-0.39, 0.29) is 10.8 Å². The molecule has 24 aromatic rings. The van der Waals surface area contributed by atoms with Gasteiger partial charge < -0.3 is 19.6 Å². The minimum atomic E-state index is -0.197. The van der Waals surface area contributed by atoms with Gasteiger partial charge in [-0.3, -0.25) is 0 Å². The fourth-order valence-corrected chi connectivity index (χ4v) is 21.2. The zero-order valence-corrected chi connectivity index (χ0v) is 79.4. The molecule has 4 nitrogen and oxygen atoms in total. The molecule has 0 aliphatic carbocycles. The molecule has 24 aromatic carbocycles. The largest absolute Gasteiger partial charge is 0.310 e. The summed E-state index contributed by atoms with van der Waals surface area (Å²) in [6.45, 7) is 14.2. The number of fused-ring (bicyclic) bond motifs is 8. The summed E-state index contributed by atoms with van der Waals surface area (Å²) in [5, 5.41) is 19.7. The summed E-state index contributed by atoms with van der Waals surface area (Å²) in [6, 6.07) is 191. The van der Waals surface area contributed by atoms with E-state index in [9.17, 15) is 0 Å². The van der Waals surface area contributed by atoms with Crippen LogP contribution in [0.25, 0.3) is 153 Å². The van der Waals surface area contributed by atoms with Crippen molar-refractivity contribution in [3.63, 3.8) is 0 Å². The Labute approximate surface area is 820 Å². The molecule has 0 saturated carbocycles. The second-order valence-corrected chi connectivity index (χ2v) is 38.8. The molecule has 140 heavy (non-hydrogen) atoms. The molecule has 0 unspecified atom stereocenters. The van der Waals surface area contributed by atoms with E-state index >= 15 is 0 Å². The van der Waals surface area contributed by atoms with E-state index in [0.717, 1.165) is 79.4 Å². The predicted octanol–water partition coefficient (Wildman–Crippen LogP) is 39.1. The molecule has 0 aliphatic heterocycles. The van der Waals surface area contributed by atoms with Gasteiger partial charge in [-0.1, -0.05) is 418 Å². The molecule has 0 heterocycles. The number of hydrogen-bond donors (Lipinski definition) is 0. The lowest BCUT2D eigenvalue weighted by molar-refractivity contribution is 0.593. The van der Waals surface area contributed by atoms with Crippen LogP contribution < -0.4 is 19.6 Å². The summed E-state index contributed by atoms with van der Waals surface area (Å²) in [5.74, 6) is 0. The summed E-state index contributed by atoms with van der Waals surface area (Å²) in [7, 11) is 0. The highest BCUT2D eigenvalue weighted by molar-refractivity contribution is 6.23. The molecule has 0 radical (unpaired) electrons. The minimum absolute atomic E-state index is 0.136. The van der Waals surface area contributed by atoms with Crippen LogP contribution >= 0.6 is 0 Å². The Bertz CT molecular complexity index is 8040. The van der Waals surface area contributed by atoms with E-state index in [2.05, 4.69) is 583 Å². The quantitative estimate of drug-likeness (QED) is 0.0794. The molecule has 0 fully saturated rings. The van der Waals surface area contributed by atoms with E-state index < -0.39 is 0 Å². The number of rotatable bonds is 18. The average molecular weight is 1790 g/mol. The van der Waals surface area contributed by atoms with Crippen LogP contribution in [0.1, 0.15) is 52.7 Å². The average Bonchev–Trinajstić information content (AvgIpc) is 1.06. The molecule has 0 amide bonds. The Morgan fingerprint density at radius 2 is 0.300 bits per heavy atom. The van der Waals surface area contributed by atoms with Crippen molar-refractivity contribution in [1.29, 1.82) is 0 Å². The van der Waals surface area contributed by atoms with Crippen molar-refractivity contribution < 1.29 is 0 Å². The van der Waals surface area contributed by atoms with Crippen LogP contribution in [0.3, 0.4) is 0 Å². The van der Waals surface area contributed by atoms with Gasteiger partial charge in [0.05, 0.1) is 0 Å². The van der Waals surface area contributed by atoms with Gasteiger partial charge in [-0.25, -0.2) is 0 Å². The molecule has 0 aromatic heterocycles. The number of benzene rings is 24. The smallest absolute Gasteiger partial charge is 0.0468 e. The topological polar surface area (TPSA) is 13.0 Å². The van der Waals surface area contributed by atoms with Gasteiger partial charge in [-0.2, -0.15) is 0 Å². The van der Waals surface area contributed by atoms with Gasteiger partial charge in [0, 0.05) is 68.2 Å². The molecule has 0 atom stereocenters. The third-order valence-corrected chi connectivity index (χ3v) is 27.7. The summed E-state index contributed by atoms with van der Waals surface area (Å²) in [6.07, 6.45) is 0. The fraction of sp³-hybridized carbons (Fsp3) is 0.0588. The Hall–Kier alpha value is -17.4. The molecule has 0 saturated heterocycles. The first kappa shape index (κ1) is 86.7. The van der Waals surface area contributed by atoms with Gasteiger partial charge >= 0.3 is 0 Å². The highest BCUT2D eigenvalue weighted by atomic mass is 15.2. The normalized spacial score (nSPS) is 11.6. The van der Waals surface area contributed by atoms with Gasteiger partial charge in [0.25, 0.3) is 0 Å². The van der Waals surface area contributed by atoms with Crippen LogP contribution in [0, 0.1) is 0 Å². The zero-order valence-electron chi connectivity index (χ0n) is 79.4. The first-order valence-corrected chi connectivity index (χ1v) is 48.6. The zero-order chi connectivity index (χ0) is 94.4. The lowest BCUT2D eigenvalue weighted by Crippen LogP contribution is -2.18. The van der Waals surface area contributed by atoms with Crippen LogP contribution in [0.2, 0.25) is 0 Å². The van der Waals surface area contributed by atoms with Crippen LogP contribution in [0.5, 0.6) is 0 Å². The summed E-state index contributed by atoms with van der Waals surface area (Å²) in [5.41, 5.74) is 29.8. The van der Waals surface area contributed by atoms with Crippen LogP contribution in [-0.4, -0.2) is 0 Å². The van der Waals surface area contributed by atoms with Crippen molar-refractivity contribution in [3.05, 3.63) is 533 Å². The van der Waals surface area contributed by atoms with Crippen molar-refractivity contribution in [2.45, 2.75) is 52.4 Å². The maximum Gasteiger partial charge on any atom is 0.0468 e. The summed E-state index contributed by atoms with van der Waals surface area (Å²) < 4.78 is 0. The highest BCUT2D eigenvalue weighted by Crippen LogP contribution is 2.53. The van der Waals surface area contributed by atoms with E-state index in [1.165, 1.54) is 153 Å². The molecule has 0 aliphatic rings. The van der Waals surface area contributed by atoms with Gasteiger partial charge in [0.2, 0.25) is 0 Å². The molecule has 0 N–H and O–H groups in total. The van der Waals surface area contributed by atoms with Crippen molar-refractivity contribution in [2.75, 3.05) is 19.6 Å². The van der Waals surface area contributed by atoms with Gasteiger partial charge in [-0.05, 0) is 320 Å². The molecule has 0 spiro atoms. The predicted molar refractivity (Wildman–Crippen MR) is 602 cm³/mol. The minimum Gasteiger partial charge on any atom is -0.310 e. The van der Waals surface area contributed by atoms with Crippen molar-refractivity contribution in [2.24, 2.45) is 0 Å². The second-order valence-electron chi connectivity index (χ2n) is 38.8. The summed E-state index contributed by atoms with van der Waals surface area (Å²) in [4.78, 5) is 9.67. The third kappa shape index (κ3) is 17.0. The van der Waals surface area contributed by atoms with Gasteiger partial charge in [-0.15, -0.1) is 0 Å². The van der Waals surface area contributed by atoms with Crippen molar-refractivity contribution >= 4 is 154 Å². The van der Waals surface area contributed by atoms with E-state index in [4.69, 9.17) is 0 Å². The van der Waals surface area contributed by atoms with Crippen LogP contribution in [0.4, 0.5) is 68.2 Å². The van der Waals surface area contributed by atoms with Crippen molar-refractivity contribution in [1.82, 2.24) is 0 Å². The SMILES string of the molecule is CC(C)(C)c1c2ccc(N(c3ccc4ccccc4c3)c3ccc4ccccc4c3)cc2c(C(C)(C)C)c2cc(N(c3ccc4ccccc4c3)c3ccc4ccccc4c3)ccc12.c1ccc(-c2ccc(-c3c4ccc(N(c5ccccc5)c5ccc(-c6ccccc6)cc5)cc4c(-c4ccc(-c5ccccc5)cc4)c4ccc(N(c5ccccc5)c5ccc(-c6ccccc6)cc5)cc34)cc2)cc1. The third-order valence-electron chi connectivity index (χ3n) is 27.7. The van der Waals surface area contributed by atoms with Crippen LogP contribution in [0.15, 0.2) is 522 Å². The molecule has 24 rings (SSSR count). The maximum absolute atomic E-state index is 2.48. The van der Waals surface area contributed by atoms with Crippen molar-refractivity contribution in [3.8, 4) is 66.8 Å². The van der Waals surface area contributed by atoms with Gasteiger partial charge in [0.15, 0.2) is 0 Å². The standard InChI is InChI=1S/C74H52N2.C62H52N2/c1-7-19-53(20-8-1)57-31-35-61(36-32-57)73-69-49-47-68(76(64-29-17-6-18-30-64)66-45-41-60(42-46-66)56-25-13-4-14-26-56)52-72(69)74(62-37-33-58(34-38-62)54-21-9-2-10-22-54)70-50-48-67(51-71(70)73)75(63-27-15-5-16-28-63)65-43-39-59(40-44-65)55-23-11-3-12-24-55;1-61(2,3)59-55-33-31-53(63(49-27-23-41-15-7-11-19-45(41)35-49)50-28-24-42-16-8-12-20-46(42)36-50)39-57(55)60(62(4,5)6)58-40-54(32-34-56(58)59)64(51-29-25-43-17-9-13-21-47(43)37-51)52-30-26-44-18-10-14-22-48(44)38-52/h1-52H;7-40H,1-6H3. The number of hydrogen-bond acceptors (Lipinski definition) is 4. The Balaban J connectivity index is 0.000000159. The fourth-order valence-electron chi connectivity index (χ4n) is 21.2. The molecule has 4 heteroatoms. The van der Waals surface area contributed by atoms with E-state index in [1.54, 1.807) is 0 Å². The van der Waals surface area contributed by atoms with E-state index in [0.29, 0.717) is 0 Å². The summed E-state index contributed by atoms with van der Waals surface area (Å²) >= 11 is 0. The lowest BCUT2D eigenvalue weighted by Gasteiger charge is -2.33. The first-order valence-electron chi connectivity index (χ1n) is 48.6. The lowest BCUT2D eigenvalue weighted by atomic mass is 9.74. The van der Waals surface area contributed by atoms with E-state index in [1.807, 2.05) is 0 Å². The molecular weight excluding hydrogens is 1690 g/mol. The number of para-hydroxylation sites is 2. The molecule has 0 bridgehead atoms. The first-order chi connectivity index (χ1) is 68.7. The number of anilines is 12.